The largest absolute Gasteiger partial charge is 0.507 e. The molecule has 0 aromatic heterocycles. The molecule has 2 unspecified atom stereocenters. The van der Waals surface area contributed by atoms with Crippen LogP contribution in [-0.2, 0) is 6.42 Å². The van der Waals surface area contributed by atoms with Crippen LogP contribution in [-0.4, -0.2) is 21.9 Å². The zero-order valence-electron chi connectivity index (χ0n) is 18.5. The van der Waals surface area contributed by atoms with Crippen LogP contribution in [0.3, 0.4) is 0 Å². The summed E-state index contributed by atoms with van der Waals surface area (Å²) in [4.78, 5) is 0. The number of unbranched alkanes of at least 4 members (excludes halogenated alkanes) is 2. The number of phenols is 2. The molecule has 0 radical (unpaired) electrons. The Bertz CT molecular complexity index is 742. The molecule has 0 fully saturated rings. The first-order valence-corrected chi connectivity index (χ1v) is 8.53. The highest BCUT2D eigenvalue weighted by Gasteiger charge is 2.30. The van der Waals surface area contributed by atoms with Crippen molar-refractivity contribution in [2.24, 2.45) is 5.92 Å². The lowest BCUT2D eigenvalue weighted by Gasteiger charge is -2.31. The standard InChI is InChI=1S/C21H30O3/c1-4-5-6-7-15-11-19(23)21(20(24)12-15)18-10-16(13-22)8-9-17(18)14(2)3/h10-12,17-18,22-24H,2,4-9,13H2,1,3H3/i8D2,13D2. The van der Waals surface area contributed by atoms with Gasteiger partial charge in [0.1, 0.15) is 11.5 Å². The molecule has 24 heavy (non-hydrogen) atoms. The zero-order valence-corrected chi connectivity index (χ0v) is 14.5. The molecule has 2 atom stereocenters. The summed E-state index contributed by atoms with van der Waals surface area (Å²) < 4.78 is 31.6. The first kappa shape index (κ1) is 13.5. The number of aryl methyl sites for hydroxylation is 1. The molecule has 2 rings (SSSR count). The van der Waals surface area contributed by atoms with E-state index in [-0.39, 0.29) is 23.5 Å². The number of aliphatic hydroxyl groups is 1. The molecule has 0 amide bonds. The molecular formula is C21H30O3. The third kappa shape index (κ3) is 4.21. The Balaban J connectivity index is 2.54. The van der Waals surface area contributed by atoms with Crippen molar-refractivity contribution < 1.29 is 20.8 Å². The second-order valence-electron chi connectivity index (χ2n) is 6.56. The number of rotatable bonds is 7. The molecule has 1 aliphatic carbocycles. The lowest BCUT2D eigenvalue weighted by atomic mass is 9.73. The molecule has 1 aromatic carbocycles. The number of phenolic OH excluding ortho intramolecular Hbond substituents is 2. The van der Waals surface area contributed by atoms with Gasteiger partial charge in [0.2, 0.25) is 0 Å². The number of benzene rings is 1. The molecule has 132 valence electrons. The van der Waals surface area contributed by atoms with E-state index < -0.39 is 30.3 Å². The Morgan fingerprint density at radius 3 is 2.54 bits per heavy atom. The zero-order chi connectivity index (χ0) is 21.3. The van der Waals surface area contributed by atoms with Crippen LogP contribution in [0.15, 0.2) is 35.9 Å². The van der Waals surface area contributed by atoms with Gasteiger partial charge >= 0.3 is 0 Å². The third-order valence-electron chi connectivity index (χ3n) is 4.64. The van der Waals surface area contributed by atoms with Gasteiger partial charge < -0.3 is 15.3 Å². The summed E-state index contributed by atoms with van der Waals surface area (Å²) in [6, 6.07) is 3.20. The number of hydrogen-bond acceptors (Lipinski definition) is 3. The smallest absolute Gasteiger partial charge is 0.123 e. The van der Waals surface area contributed by atoms with E-state index in [2.05, 4.69) is 13.5 Å². The van der Waals surface area contributed by atoms with Crippen molar-refractivity contribution in [1.29, 1.82) is 0 Å². The average Bonchev–Trinajstić information content (AvgIpc) is 2.53. The van der Waals surface area contributed by atoms with Crippen LogP contribution in [0.5, 0.6) is 11.5 Å². The van der Waals surface area contributed by atoms with Gasteiger partial charge in [-0.3, -0.25) is 0 Å². The molecule has 0 bridgehead atoms. The van der Waals surface area contributed by atoms with E-state index in [4.69, 9.17) is 5.48 Å². The van der Waals surface area contributed by atoms with Crippen molar-refractivity contribution in [3.05, 3.63) is 47.1 Å². The third-order valence-corrected chi connectivity index (χ3v) is 4.64. The van der Waals surface area contributed by atoms with Crippen LogP contribution in [0, 0.1) is 5.92 Å². The minimum atomic E-state index is -2.84. The first-order valence-electron chi connectivity index (χ1n) is 10.5. The van der Waals surface area contributed by atoms with Crippen molar-refractivity contribution in [3.63, 3.8) is 0 Å². The normalized spacial score (nSPS) is 25.9. The van der Waals surface area contributed by atoms with Gasteiger partial charge in [0.25, 0.3) is 0 Å². The SMILES string of the molecule is [2H]C([2H])(O)C1=CC(c2c(O)cc(CCCCC)cc2O)C(C(=C)C)CC1([2H])[2H]. The molecular weight excluding hydrogens is 300 g/mol. The fourth-order valence-electron chi connectivity index (χ4n) is 3.29. The molecule has 3 N–H and O–H groups in total. The van der Waals surface area contributed by atoms with E-state index in [1.54, 1.807) is 19.1 Å². The Morgan fingerprint density at radius 2 is 2.00 bits per heavy atom. The van der Waals surface area contributed by atoms with Crippen LogP contribution in [0.1, 0.15) is 68.4 Å². The Hall–Kier alpha value is -1.74. The Morgan fingerprint density at radius 1 is 1.33 bits per heavy atom. The van der Waals surface area contributed by atoms with E-state index in [0.717, 1.165) is 31.2 Å². The minimum Gasteiger partial charge on any atom is -0.507 e. The summed E-state index contributed by atoms with van der Waals surface area (Å²) in [6.07, 6.45) is 2.93. The molecule has 0 aliphatic heterocycles. The molecule has 0 spiro atoms. The molecule has 0 heterocycles. The summed E-state index contributed by atoms with van der Waals surface area (Å²) in [6.45, 7) is 4.92. The molecule has 3 nitrogen and oxygen atoms in total. The molecule has 0 saturated carbocycles. The maximum atomic E-state index is 10.6. The lowest BCUT2D eigenvalue weighted by Crippen LogP contribution is -2.18. The van der Waals surface area contributed by atoms with E-state index in [0.29, 0.717) is 5.57 Å². The van der Waals surface area contributed by atoms with E-state index >= 15 is 0 Å². The van der Waals surface area contributed by atoms with E-state index in [1.165, 1.54) is 6.08 Å². The van der Waals surface area contributed by atoms with Crippen molar-refractivity contribution in [2.75, 3.05) is 6.56 Å². The maximum Gasteiger partial charge on any atom is 0.123 e. The predicted molar refractivity (Wildman–Crippen MR) is 98.4 cm³/mol. The molecule has 0 saturated heterocycles. The fourth-order valence-corrected chi connectivity index (χ4v) is 3.29. The Kier molecular flexibility index (Phi) is 4.73. The highest BCUT2D eigenvalue weighted by molar-refractivity contribution is 5.52. The monoisotopic (exact) mass is 334 g/mol. The van der Waals surface area contributed by atoms with Crippen molar-refractivity contribution in [3.8, 4) is 11.5 Å². The van der Waals surface area contributed by atoms with Crippen molar-refractivity contribution in [1.82, 2.24) is 0 Å². The average molecular weight is 334 g/mol. The predicted octanol–water partition coefficient (Wildman–Crippen LogP) is 4.82. The van der Waals surface area contributed by atoms with Crippen LogP contribution in [0.25, 0.3) is 0 Å². The summed E-state index contributed by atoms with van der Waals surface area (Å²) >= 11 is 0. The molecule has 3 heteroatoms. The maximum absolute atomic E-state index is 10.6. The number of allylic oxidation sites excluding steroid dienone is 2. The van der Waals surface area contributed by atoms with Crippen LogP contribution in [0.4, 0.5) is 0 Å². The topological polar surface area (TPSA) is 60.7 Å². The quantitative estimate of drug-likeness (QED) is 0.495. The lowest BCUT2D eigenvalue weighted by molar-refractivity contribution is 0.314. The first-order chi connectivity index (χ1) is 12.9. The highest BCUT2D eigenvalue weighted by Crippen LogP contribution is 2.46. The van der Waals surface area contributed by atoms with E-state index in [1.807, 2.05) is 0 Å². The number of hydrogen-bond donors (Lipinski definition) is 3. The molecule has 1 aromatic rings. The van der Waals surface area contributed by atoms with Gasteiger partial charge in [-0.2, -0.15) is 0 Å². The van der Waals surface area contributed by atoms with Crippen LogP contribution >= 0.6 is 0 Å². The fraction of sp³-hybridized carbons (Fsp3) is 0.524. The number of aromatic hydroxyl groups is 2. The Labute approximate surface area is 151 Å². The van der Waals surface area contributed by atoms with E-state index in [9.17, 15) is 15.3 Å². The summed E-state index contributed by atoms with van der Waals surface area (Å²) in [5.41, 5.74) is 1.29. The summed E-state index contributed by atoms with van der Waals surface area (Å²) in [5.74, 6) is -1.37. The van der Waals surface area contributed by atoms with Gasteiger partial charge in [-0.05, 0) is 61.7 Å². The minimum absolute atomic E-state index is 0.101. The van der Waals surface area contributed by atoms with Crippen molar-refractivity contribution >= 4 is 0 Å². The second-order valence-corrected chi connectivity index (χ2v) is 6.56. The van der Waals surface area contributed by atoms with Crippen molar-refractivity contribution in [2.45, 2.75) is 58.2 Å². The van der Waals surface area contributed by atoms with Gasteiger partial charge in [0.15, 0.2) is 0 Å². The van der Waals surface area contributed by atoms with Crippen LogP contribution < -0.4 is 0 Å². The second kappa shape index (κ2) is 8.39. The highest BCUT2D eigenvalue weighted by atomic mass is 16.3. The van der Waals surface area contributed by atoms with Gasteiger partial charge in [-0.25, -0.2) is 0 Å². The van der Waals surface area contributed by atoms with Crippen LogP contribution in [0.2, 0.25) is 0 Å². The summed E-state index contributed by atoms with van der Waals surface area (Å²) in [5, 5.41) is 31.1. The van der Waals surface area contributed by atoms with Gasteiger partial charge in [0.05, 0.1) is 9.30 Å². The van der Waals surface area contributed by atoms with Gasteiger partial charge in [-0.15, -0.1) is 0 Å². The molecule has 1 aliphatic rings. The van der Waals surface area contributed by atoms with Gasteiger partial charge in [-0.1, -0.05) is 38.0 Å². The van der Waals surface area contributed by atoms with Gasteiger partial charge in [0, 0.05) is 14.2 Å². The summed E-state index contributed by atoms with van der Waals surface area (Å²) in [7, 11) is 0.